The Morgan fingerprint density at radius 1 is 1.21 bits per heavy atom. The van der Waals surface area contributed by atoms with Crippen molar-refractivity contribution in [1.82, 2.24) is 14.9 Å². The number of aromatic amines is 1. The number of carbonyl (C=O) groups excluding carboxylic acids is 1. The Kier molecular flexibility index (Phi) is 3.42. The maximum Gasteiger partial charge on any atom is 0.257 e. The summed E-state index contributed by atoms with van der Waals surface area (Å²) in [6.07, 6.45) is 0. The minimum atomic E-state index is -0.224. The summed E-state index contributed by atoms with van der Waals surface area (Å²) in [5.41, 5.74) is 7.14. The average molecular weight is 324 g/mol. The molecule has 1 aliphatic heterocycles. The van der Waals surface area contributed by atoms with E-state index >= 15 is 0 Å². The van der Waals surface area contributed by atoms with Gasteiger partial charge in [0.05, 0.1) is 29.7 Å². The van der Waals surface area contributed by atoms with Gasteiger partial charge in [-0.25, -0.2) is 4.98 Å². The van der Waals surface area contributed by atoms with Crippen LogP contribution in [0.2, 0.25) is 0 Å². The molecule has 0 radical (unpaired) electrons. The molecule has 0 saturated carbocycles. The van der Waals surface area contributed by atoms with Gasteiger partial charge in [-0.1, -0.05) is 12.1 Å². The third kappa shape index (κ3) is 2.30. The van der Waals surface area contributed by atoms with Crippen molar-refractivity contribution in [3.05, 3.63) is 46.1 Å². The number of aromatic nitrogens is 2. The smallest absolute Gasteiger partial charge is 0.257 e. The van der Waals surface area contributed by atoms with E-state index in [1.807, 2.05) is 6.07 Å². The summed E-state index contributed by atoms with van der Waals surface area (Å²) in [4.78, 5) is 34.4. The van der Waals surface area contributed by atoms with Crippen LogP contribution in [0, 0.1) is 0 Å². The summed E-state index contributed by atoms with van der Waals surface area (Å²) in [5.74, 6) is -0.109. The third-order valence-electron chi connectivity index (χ3n) is 4.25. The lowest BCUT2D eigenvalue weighted by Crippen LogP contribution is -2.41. The third-order valence-corrected chi connectivity index (χ3v) is 4.25. The Morgan fingerprint density at radius 3 is 2.75 bits per heavy atom. The Bertz CT molecular complexity index is 1010. The van der Waals surface area contributed by atoms with Crippen molar-refractivity contribution in [2.24, 2.45) is 0 Å². The van der Waals surface area contributed by atoms with Crippen molar-refractivity contribution >= 4 is 33.7 Å². The Morgan fingerprint density at radius 2 is 1.96 bits per heavy atom. The molecule has 1 aromatic carbocycles. The Balaban J connectivity index is 1.89. The molecule has 0 spiro atoms. The van der Waals surface area contributed by atoms with Crippen LogP contribution in [-0.2, 0) is 4.74 Å². The first-order valence-corrected chi connectivity index (χ1v) is 7.73. The van der Waals surface area contributed by atoms with E-state index < -0.39 is 0 Å². The number of H-pyrrole nitrogens is 1. The van der Waals surface area contributed by atoms with E-state index in [1.54, 1.807) is 29.2 Å². The van der Waals surface area contributed by atoms with Crippen LogP contribution in [-0.4, -0.2) is 47.1 Å². The number of amides is 1. The van der Waals surface area contributed by atoms with Crippen molar-refractivity contribution in [2.45, 2.75) is 0 Å². The van der Waals surface area contributed by atoms with Crippen LogP contribution in [0.4, 0.5) is 5.82 Å². The van der Waals surface area contributed by atoms with Gasteiger partial charge < -0.3 is 20.4 Å². The zero-order chi connectivity index (χ0) is 16.7. The van der Waals surface area contributed by atoms with Gasteiger partial charge in [0.25, 0.3) is 5.91 Å². The standard InChI is InChI=1S/C17H16N4O3/c18-15-12(17(23)21-5-7-24-8-6-21)9-11-14(22)10-3-1-2-4-13(10)19-16(11)20-15/h1-4,9H,5-8H2,(H3,18,19,20,22). The normalized spacial score (nSPS) is 15.1. The maximum atomic E-state index is 12.7. The Labute approximate surface area is 137 Å². The summed E-state index contributed by atoms with van der Waals surface area (Å²) in [7, 11) is 0. The number of ether oxygens (including phenoxy) is 1. The molecule has 4 rings (SSSR count). The molecule has 1 amide bonds. The van der Waals surface area contributed by atoms with Crippen LogP contribution in [0.15, 0.2) is 35.1 Å². The van der Waals surface area contributed by atoms with E-state index in [9.17, 15) is 9.59 Å². The van der Waals surface area contributed by atoms with Gasteiger partial charge >= 0.3 is 0 Å². The van der Waals surface area contributed by atoms with Crippen LogP contribution < -0.4 is 11.2 Å². The number of anilines is 1. The number of nitrogens with two attached hydrogens (primary N) is 1. The van der Waals surface area contributed by atoms with Crippen molar-refractivity contribution in [3.63, 3.8) is 0 Å². The summed E-state index contributed by atoms with van der Waals surface area (Å²) >= 11 is 0. The maximum absolute atomic E-state index is 12.7. The van der Waals surface area contributed by atoms with Gasteiger partial charge in [0.2, 0.25) is 0 Å². The lowest BCUT2D eigenvalue weighted by molar-refractivity contribution is 0.0303. The first kappa shape index (κ1) is 14.6. The fourth-order valence-electron chi connectivity index (χ4n) is 2.97. The summed E-state index contributed by atoms with van der Waals surface area (Å²) < 4.78 is 5.26. The van der Waals surface area contributed by atoms with Crippen molar-refractivity contribution in [3.8, 4) is 0 Å². The number of nitrogen functional groups attached to an aromatic ring is 1. The molecule has 2 aromatic heterocycles. The van der Waals surface area contributed by atoms with Crippen LogP contribution >= 0.6 is 0 Å². The van der Waals surface area contributed by atoms with Crippen LogP contribution in [0.3, 0.4) is 0 Å². The highest BCUT2D eigenvalue weighted by atomic mass is 16.5. The number of para-hydroxylation sites is 1. The van der Waals surface area contributed by atoms with Gasteiger partial charge in [0.1, 0.15) is 11.5 Å². The van der Waals surface area contributed by atoms with Crippen LogP contribution in [0.5, 0.6) is 0 Å². The van der Waals surface area contributed by atoms with E-state index in [0.717, 1.165) is 0 Å². The molecule has 3 N–H and O–H groups in total. The monoisotopic (exact) mass is 324 g/mol. The number of nitrogens with one attached hydrogen (secondary N) is 1. The molecule has 1 saturated heterocycles. The number of morpholine rings is 1. The number of pyridine rings is 2. The predicted octanol–water partition coefficient (Wildman–Crippen LogP) is 1.13. The second kappa shape index (κ2) is 5.61. The molecule has 0 atom stereocenters. The number of hydrogen-bond acceptors (Lipinski definition) is 5. The number of benzene rings is 1. The largest absolute Gasteiger partial charge is 0.383 e. The van der Waals surface area contributed by atoms with E-state index in [1.165, 1.54) is 0 Å². The minimum absolute atomic E-state index is 0.116. The zero-order valence-corrected chi connectivity index (χ0v) is 12.9. The van der Waals surface area contributed by atoms with Gasteiger partial charge in [0.15, 0.2) is 5.43 Å². The lowest BCUT2D eigenvalue weighted by atomic mass is 10.1. The van der Waals surface area contributed by atoms with E-state index in [4.69, 9.17) is 10.5 Å². The molecule has 3 heterocycles. The van der Waals surface area contributed by atoms with E-state index in [2.05, 4.69) is 9.97 Å². The topological polar surface area (TPSA) is 101 Å². The van der Waals surface area contributed by atoms with Crippen LogP contribution in [0.25, 0.3) is 21.9 Å². The molecule has 1 aliphatic rings. The fraction of sp³-hybridized carbons (Fsp3) is 0.235. The lowest BCUT2D eigenvalue weighted by Gasteiger charge is -2.27. The first-order valence-electron chi connectivity index (χ1n) is 7.73. The molecular formula is C17H16N4O3. The quantitative estimate of drug-likeness (QED) is 0.653. The molecule has 7 heteroatoms. The molecule has 0 aliphatic carbocycles. The predicted molar refractivity (Wildman–Crippen MR) is 91.0 cm³/mol. The van der Waals surface area contributed by atoms with Crippen molar-refractivity contribution in [2.75, 3.05) is 32.0 Å². The summed E-state index contributed by atoms with van der Waals surface area (Å²) in [6.45, 7) is 2.00. The SMILES string of the molecule is Nc1nc2[nH]c3ccccc3c(=O)c2cc1C(=O)N1CCOCC1. The fourth-order valence-corrected chi connectivity index (χ4v) is 2.97. The number of fused-ring (bicyclic) bond motifs is 2. The number of nitrogens with zero attached hydrogens (tertiary/aromatic N) is 2. The zero-order valence-electron chi connectivity index (χ0n) is 12.9. The molecular weight excluding hydrogens is 308 g/mol. The highest BCUT2D eigenvalue weighted by molar-refractivity contribution is 6.02. The highest BCUT2D eigenvalue weighted by Gasteiger charge is 2.22. The summed E-state index contributed by atoms with van der Waals surface area (Å²) in [5, 5.41) is 0.917. The van der Waals surface area contributed by atoms with E-state index in [0.29, 0.717) is 48.2 Å². The molecule has 7 nitrogen and oxygen atoms in total. The highest BCUT2D eigenvalue weighted by Crippen LogP contribution is 2.20. The number of hydrogen-bond donors (Lipinski definition) is 2. The van der Waals surface area contributed by atoms with Gasteiger partial charge in [-0.05, 0) is 18.2 Å². The second-order valence-corrected chi connectivity index (χ2v) is 5.72. The van der Waals surface area contributed by atoms with Crippen LogP contribution in [0.1, 0.15) is 10.4 Å². The van der Waals surface area contributed by atoms with Gasteiger partial charge in [-0.3, -0.25) is 9.59 Å². The van der Waals surface area contributed by atoms with E-state index in [-0.39, 0.29) is 22.7 Å². The molecule has 0 bridgehead atoms. The van der Waals surface area contributed by atoms with Crippen molar-refractivity contribution < 1.29 is 9.53 Å². The van der Waals surface area contributed by atoms with Gasteiger partial charge in [-0.15, -0.1) is 0 Å². The second-order valence-electron chi connectivity index (χ2n) is 5.72. The summed E-state index contributed by atoms with van der Waals surface area (Å²) in [6, 6.07) is 8.73. The number of carbonyl (C=O) groups is 1. The van der Waals surface area contributed by atoms with Gasteiger partial charge in [-0.2, -0.15) is 0 Å². The minimum Gasteiger partial charge on any atom is -0.383 e. The average Bonchev–Trinajstić information content (AvgIpc) is 2.62. The van der Waals surface area contributed by atoms with Gasteiger partial charge in [0, 0.05) is 18.5 Å². The first-order chi connectivity index (χ1) is 11.6. The van der Waals surface area contributed by atoms with Crippen molar-refractivity contribution in [1.29, 1.82) is 0 Å². The number of rotatable bonds is 1. The molecule has 122 valence electrons. The molecule has 24 heavy (non-hydrogen) atoms. The molecule has 1 fully saturated rings. The molecule has 0 unspecified atom stereocenters. The molecule has 3 aromatic rings. The Hall–Kier alpha value is -2.93.